The number of allylic oxidation sites excluding steroid dienone is 4. The van der Waals surface area contributed by atoms with Crippen molar-refractivity contribution in [2.24, 2.45) is 0 Å². The van der Waals surface area contributed by atoms with Crippen LogP contribution in [0.15, 0.2) is 23.8 Å². The van der Waals surface area contributed by atoms with Crippen molar-refractivity contribution in [3.05, 3.63) is 23.8 Å². The minimum absolute atomic E-state index is 1.14. The normalized spacial score (nSPS) is 10.6. The second-order valence-electron chi connectivity index (χ2n) is 1.96. The van der Waals surface area contributed by atoms with Gasteiger partial charge >= 0.3 is 0 Å². The molecule has 0 saturated heterocycles. The van der Waals surface area contributed by atoms with Gasteiger partial charge in [0.1, 0.15) is 0 Å². The first kappa shape index (κ1) is 24.0. The summed E-state index contributed by atoms with van der Waals surface area (Å²) in [5, 5.41) is 0. The van der Waals surface area contributed by atoms with Gasteiger partial charge in [-0.15, -0.1) is 0 Å². The molecule has 0 aromatic rings. The lowest BCUT2D eigenvalue weighted by Gasteiger charge is -1.98. The quantitative estimate of drug-likeness (QED) is 0.410. The molecule has 94 valence electrons. The van der Waals surface area contributed by atoms with Crippen molar-refractivity contribution < 1.29 is 0 Å². The van der Waals surface area contributed by atoms with Gasteiger partial charge in [-0.3, -0.25) is 0 Å². The third-order valence-electron chi connectivity index (χ3n) is 1.21. The molecule has 0 heteroatoms. The lowest BCUT2D eigenvalue weighted by atomic mass is 10.1. The van der Waals surface area contributed by atoms with Gasteiger partial charge in [-0.05, 0) is 19.8 Å². The van der Waals surface area contributed by atoms with E-state index in [0.29, 0.717) is 0 Å². The minimum Gasteiger partial charge on any atom is -0.0844 e. The van der Waals surface area contributed by atoms with Crippen LogP contribution in [0.4, 0.5) is 0 Å². The lowest BCUT2D eigenvalue weighted by molar-refractivity contribution is 1.12. The fraction of sp³-hybridized carbons (Fsp3) is 0.733. The topological polar surface area (TPSA) is 0 Å². The van der Waals surface area contributed by atoms with Gasteiger partial charge in [0.15, 0.2) is 0 Å². The summed E-state index contributed by atoms with van der Waals surface area (Å²) in [7, 11) is 0. The molecule has 0 nitrogen and oxygen atoms in total. The van der Waals surface area contributed by atoms with Gasteiger partial charge in [0, 0.05) is 0 Å². The van der Waals surface area contributed by atoms with Crippen LogP contribution in [0.5, 0.6) is 0 Å². The monoisotopic (exact) mass is 214 g/mol. The largest absolute Gasteiger partial charge is 0.0844 e. The summed E-state index contributed by atoms with van der Waals surface area (Å²) in [6.07, 6.45) is 8.99. The van der Waals surface area contributed by atoms with E-state index in [0.717, 1.165) is 6.42 Å². The molecule has 1 aliphatic rings. The molecular formula is C15H34. The molecule has 1 rings (SSSR count). The summed E-state index contributed by atoms with van der Waals surface area (Å²) < 4.78 is 0. The molecule has 0 heterocycles. The van der Waals surface area contributed by atoms with Crippen molar-refractivity contribution in [1.82, 2.24) is 0 Å². The Balaban J connectivity index is -0.0000000650. The average Bonchev–Trinajstić information content (AvgIpc) is 2.40. The van der Waals surface area contributed by atoms with Gasteiger partial charge < -0.3 is 0 Å². The van der Waals surface area contributed by atoms with Gasteiger partial charge in [-0.2, -0.15) is 0 Å². The maximum absolute atomic E-state index is 2.26. The first-order valence-electron chi connectivity index (χ1n) is 6.70. The van der Waals surface area contributed by atoms with Crippen LogP contribution in [-0.4, -0.2) is 0 Å². The van der Waals surface area contributed by atoms with E-state index in [-0.39, 0.29) is 0 Å². The highest BCUT2D eigenvalue weighted by molar-refractivity contribution is 5.11. The van der Waals surface area contributed by atoms with Crippen molar-refractivity contribution in [1.29, 1.82) is 0 Å². The fourth-order valence-corrected chi connectivity index (χ4v) is 0.718. The second-order valence-corrected chi connectivity index (χ2v) is 1.96. The molecule has 0 aliphatic heterocycles. The van der Waals surface area contributed by atoms with E-state index in [2.05, 4.69) is 25.2 Å². The highest BCUT2D eigenvalue weighted by Crippen LogP contribution is 2.07. The molecule has 15 heavy (non-hydrogen) atoms. The predicted molar refractivity (Wildman–Crippen MR) is 77.5 cm³/mol. The van der Waals surface area contributed by atoms with Crippen LogP contribution < -0.4 is 0 Å². The Bertz CT molecular complexity index is 107. The summed E-state index contributed by atoms with van der Waals surface area (Å²) in [5.41, 5.74) is 1.50. The summed E-state index contributed by atoms with van der Waals surface area (Å²) >= 11 is 0. The Hall–Kier alpha value is -0.520. The van der Waals surface area contributed by atoms with E-state index in [9.17, 15) is 0 Å². The number of hydrogen-bond acceptors (Lipinski definition) is 0. The number of rotatable bonds is 0. The highest BCUT2D eigenvalue weighted by atomic mass is 13.9. The van der Waals surface area contributed by atoms with Crippen LogP contribution in [0.25, 0.3) is 0 Å². The molecule has 0 spiro atoms. The van der Waals surface area contributed by atoms with Gasteiger partial charge in [-0.25, -0.2) is 0 Å². The summed E-state index contributed by atoms with van der Waals surface area (Å²) in [6.45, 7) is 18.2. The SMILES string of the molecule is CC.CC.CC.CC.CC1=CCC=CC1. The molecule has 0 aromatic carbocycles. The van der Waals surface area contributed by atoms with Gasteiger partial charge in [0.2, 0.25) is 0 Å². The summed E-state index contributed by atoms with van der Waals surface area (Å²) in [6, 6.07) is 0. The molecule has 0 radical (unpaired) electrons. The first-order valence-corrected chi connectivity index (χ1v) is 6.70. The highest BCUT2D eigenvalue weighted by Gasteiger charge is 1.87. The van der Waals surface area contributed by atoms with E-state index >= 15 is 0 Å². The molecule has 0 fully saturated rings. The Kier molecular flexibility index (Phi) is 59.9. The minimum atomic E-state index is 1.14. The first-order chi connectivity index (χ1) is 7.39. The Morgan fingerprint density at radius 1 is 0.733 bits per heavy atom. The van der Waals surface area contributed by atoms with E-state index in [1.165, 1.54) is 12.0 Å². The van der Waals surface area contributed by atoms with Crippen molar-refractivity contribution in [3.8, 4) is 0 Å². The smallest absolute Gasteiger partial charge is 0.0141 e. The Labute approximate surface area is 99.5 Å². The fourth-order valence-electron chi connectivity index (χ4n) is 0.718. The van der Waals surface area contributed by atoms with Crippen LogP contribution in [-0.2, 0) is 0 Å². The van der Waals surface area contributed by atoms with Crippen LogP contribution in [0.3, 0.4) is 0 Å². The zero-order valence-electron chi connectivity index (χ0n) is 12.6. The standard InChI is InChI=1S/C7H10.4C2H6/c1-7-5-3-2-4-6-7;4*1-2/h2-3,6H,4-5H2,1H3;4*1-2H3. The van der Waals surface area contributed by atoms with Crippen molar-refractivity contribution in [2.75, 3.05) is 0 Å². The van der Waals surface area contributed by atoms with Crippen LogP contribution in [0.1, 0.15) is 75.2 Å². The van der Waals surface area contributed by atoms with Crippen molar-refractivity contribution >= 4 is 0 Å². The maximum atomic E-state index is 2.26. The molecule has 0 N–H and O–H groups in total. The molecule has 0 bridgehead atoms. The molecule has 0 unspecified atom stereocenters. The van der Waals surface area contributed by atoms with Crippen LogP contribution in [0, 0.1) is 0 Å². The average molecular weight is 214 g/mol. The van der Waals surface area contributed by atoms with Gasteiger partial charge in [0.05, 0.1) is 0 Å². The van der Waals surface area contributed by atoms with E-state index in [1.54, 1.807) is 0 Å². The van der Waals surface area contributed by atoms with E-state index < -0.39 is 0 Å². The van der Waals surface area contributed by atoms with Gasteiger partial charge in [0.25, 0.3) is 0 Å². The number of hydrogen-bond donors (Lipinski definition) is 0. The van der Waals surface area contributed by atoms with Crippen LogP contribution >= 0.6 is 0 Å². The maximum Gasteiger partial charge on any atom is -0.0141 e. The van der Waals surface area contributed by atoms with Gasteiger partial charge in [-0.1, -0.05) is 79.2 Å². The molecular weight excluding hydrogens is 180 g/mol. The third-order valence-corrected chi connectivity index (χ3v) is 1.21. The molecule has 1 aliphatic carbocycles. The zero-order valence-corrected chi connectivity index (χ0v) is 12.6. The Morgan fingerprint density at radius 3 is 1.27 bits per heavy atom. The Morgan fingerprint density at radius 2 is 1.13 bits per heavy atom. The zero-order chi connectivity index (χ0) is 13.1. The lowest BCUT2D eigenvalue weighted by Crippen LogP contribution is -1.77. The van der Waals surface area contributed by atoms with E-state index in [1.807, 2.05) is 55.4 Å². The third kappa shape index (κ3) is 31.8. The summed E-state index contributed by atoms with van der Waals surface area (Å²) in [5.74, 6) is 0. The predicted octanol–water partition coefficient (Wildman–Crippen LogP) is 6.39. The van der Waals surface area contributed by atoms with Crippen molar-refractivity contribution in [3.63, 3.8) is 0 Å². The second kappa shape index (κ2) is 37.5. The van der Waals surface area contributed by atoms with Crippen molar-refractivity contribution in [2.45, 2.75) is 75.2 Å². The van der Waals surface area contributed by atoms with Crippen LogP contribution in [0.2, 0.25) is 0 Å². The van der Waals surface area contributed by atoms with E-state index in [4.69, 9.17) is 0 Å². The summed E-state index contributed by atoms with van der Waals surface area (Å²) in [4.78, 5) is 0. The molecule has 0 aromatic heterocycles. The molecule has 0 saturated carbocycles. The molecule has 0 atom stereocenters. The molecule has 0 amide bonds.